The summed E-state index contributed by atoms with van der Waals surface area (Å²) in [6.45, 7) is 2.63. The molecule has 0 amide bonds. The van der Waals surface area contributed by atoms with Gasteiger partial charge in [0.25, 0.3) is 0 Å². The van der Waals surface area contributed by atoms with Crippen molar-refractivity contribution in [3.8, 4) is 5.69 Å². The summed E-state index contributed by atoms with van der Waals surface area (Å²) in [4.78, 5) is 25.8. The normalized spacial score (nSPS) is 24.1. The Bertz CT molecular complexity index is 1410. The maximum Gasteiger partial charge on any atom is 0.341 e. The Morgan fingerprint density at radius 3 is 2.52 bits per heavy atom. The second kappa shape index (κ2) is 7.05. The first-order valence-electron chi connectivity index (χ1n) is 10.3. The molecule has 172 valence electrons. The fourth-order valence-corrected chi connectivity index (χ4v) is 5.35. The van der Waals surface area contributed by atoms with Crippen LogP contribution in [0, 0.1) is 34.6 Å². The van der Waals surface area contributed by atoms with Crippen LogP contribution in [-0.4, -0.2) is 34.8 Å². The maximum absolute atomic E-state index is 15.9. The smallest absolute Gasteiger partial charge is 0.341 e. The van der Waals surface area contributed by atoms with Crippen LogP contribution in [0.3, 0.4) is 0 Å². The molecule has 2 aromatic carbocycles. The van der Waals surface area contributed by atoms with Gasteiger partial charge in [-0.15, -0.1) is 0 Å². The molecule has 1 aromatic heterocycles. The van der Waals surface area contributed by atoms with Crippen LogP contribution in [0.25, 0.3) is 16.6 Å². The van der Waals surface area contributed by atoms with Crippen LogP contribution in [0.5, 0.6) is 0 Å². The lowest BCUT2D eigenvalue weighted by molar-refractivity contribution is 0.0695. The Morgan fingerprint density at radius 1 is 1.18 bits per heavy atom. The fraction of sp³-hybridized carbons (Fsp3) is 0.304. The number of halogens is 4. The number of rotatable bonds is 3. The van der Waals surface area contributed by atoms with Gasteiger partial charge in [0.05, 0.1) is 16.6 Å². The molecule has 5 rings (SSSR count). The van der Waals surface area contributed by atoms with Crippen LogP contribution in [-0.2, 0) is 0 Å². The first-order valence-corrected chi connectivity index (χ1v) is 10.3. The van der Waals surface area contributed by atoms with Crippen LogP contribution in [0.1, 0.15) is 23.7 Å². The second-order valence-electron chi connectivity index (χ2n) is 9.07. The maximum atomic E-state index is 15.9. The van der Waals surface area contributed by atoms with Gasteiger partial charge in [-0.1, -0.05) is 6.92 Å². The van der Waals surface area contributed by atoms with Gasteiger partial charge in [0.2, 0.25) is 5.43 Å². The summed E-state index contributed by atoms with van der Waals surface area (Å²) in [5, 5.41) is 8.85. The Labute approximate surface area is 184 Å². The first-order chi connectivity index (χ1) is 15.5. The minimum Gasteiger partial charge on any atom is -0.477 e. The predicted octanol–water partition coefficient (Wildman–Crippen LogP) is 3.42. The third kappa shape index (κ3) is 3.04. The Kier molecular flexibility index (Phi) is 4.58. The number of hydrogen-bond acceptors (Lipinski definition) is 4. The third-order valence-corrected chi connectivity index (χ3v) is 6.96. The molecule has 1 aliphatic heterocycles. The number of hydrogen-bond donors (Lipinski definition) is 2. The molecule has 2 heterocycles. The standard InChI is InChI=1S/C23H19F4N3O3/c1-23-6-16(28)13(23)8-29(9-23)20-15(26)5-11-19(18(20)27)30(7-12(21(11)31)22(32)33)17-3-2-10(24)4-14(17)25/h2-5,7,13,16H,6,8-9,28H2,1H3,(H,32,33)/t13-,16-,23+/m0/s1. The summed E-state index contributed by atoms with van der Waals surface area (Å²) in [5.41, 5.74) is 2.64. The van der Waals surface area contributed by atoms with Gasteiger partial charge in [0.1, 0.15) is 28.7 Å². The topological polar surface area (TPSA) is 88.6 Å². The van der Waals surface area contributed by atoms with Crippen molar-refractivity contribution in [3.05, 3.63) is 69.5 Å². The van der Waals surface area contributed by atoms with Crippen LogP contribution in [0.2, 0.25) is 0 Å². The molecule has 0 radical (unpaired) electrons. The zero-order valence-electron chi connectivity index (χ0n) is 17.4. The van der Waals surface area contributed by atoms with Crippen molar-refractivity contribution < 1.29 is 27.5 Å². The molecule has 6 nitrogen and oxygen atoms in total. The molecule has 1 saturated carbocycles. The molecule has 10 heteroatoms. The largest absolute Gasteiger partial charge is 0.477 e. The average Bonchev–Trinajstić information content (AvgIpc) is 2.99. The molecule has 3 N–H and O–H groups in total. The number of carbonyl (C=O) groups is 1. The van der Waals surface area contributed by atoms with E-state index in [9.17, 15) is 23.5 Å². The number of benzene rings is 2. The van der Waals surface area contributed by atoms with E-state index in [1.54, 1.807) is 0 Å². The predicted molar refractivity (Wildman–Crippen MR) is 113 cm³/mol. The number of nitrogens with two attached hydrogens (primary N) is 1. The highest BCUT2D eigenvalue weighted by atomic mass is 19.1. The number of aromatic nitrogens is 1. The van der Waals surface area contributed by atoms with Crippen molar-refractivity contribution in [1.82, 2.24) is 4.57 Å². The Balaban J connectivity index is 1.81. The summed E-state index contributed by atoms with van der Waals surface area (Å²) in [5.74, 6) is -5.80. The van der Waals surface area contributed by atoms with Gasteiger partial charge in [-0.2, -0.15) is 0 Å². The monoisotopic (exact) mass is 461 g/mol. The quantitative estimate of drug-likeness (QED) is 0.584. The SMILES string of the molecule is C[C@]12C[C@H](N)[C@@H]1CN(c1c(F)cc3c(=O)c(C(=O)O)cn(-c4ccc(F)cc4F)c3c1F)C2. The summed E-state index contributed by atoms with van der Waals surface area (Å²) in [6, 6.07) is 3.12. The van der Waals surface area contributed by atoms with Crippen LogP contribution in [0.15, 0.2) is 35.3 Å². The highest BCUT2D eigenvalue weighted by Crippen LogP contribution is 2.52. The van der Waals surface area contributed by atoms with E-state index in [1.807, 2.05) is 6.92 Å². The van der Waals surface area contributed by atoms with Gasteiger partial charge in [0, 0.05) is 31.4 Å². The molecule has 0 spiro atoms. The van der Waals surface area contributed by atoms with Crippen molar-refractivity contribution >= 4 is 22.6 Å². The van der Waals surface area contributed by atoms with E-state index in [4.69, 9.17) is 5.73 Å². The van der Waals surface area contributed by atoms with E-state index >= 15 is 8.78 Å². The second-order valence-corrected chi connectivity index (χ2v) is 9.07. The summed E-state index contributed by atoms with van der Waals surface area (Å²) in [7, 11) is 0. The van der Waals surface area contributed by atoms with Crippen molar-refractivity contribution in [3.63, 3.8) is 0 Å². The van der Waals surface area contributed by atoms with E-state index in [0.717, 1.165) is 29.0 Å². The molecular weight excluding hydrogens is 442 g/mol. The molecule has 3 atom stereocenters. The van der Waals surface area contributed by atoms with E-state index < -0.39 is 62.5 Å². The van der Waals surface area contributed by atoms with Gasteiger partial charge in [-0.3, -0.25) is 4.79 Å². The van der Waals surface area contributed by atoms with E-state index in [-0.39, 0.29) is 17.4 Å². The number of pyridine rings is 1. The van der Waals surface area contributed by atoms with Gasteiger partial charge in [-0.05, 0) is 36.0 Å². The summed E-state index contributed by atoms with van der Waals surface area (Å²) in [6.07, 6.45) is 1.47. The fourth-order valence-electron chi connectivity index (χ4n) is 5.35. The zero-order chi connectivity index (χ0) is 23.8. The average molecular weight is 461 g/mol. The molecule has 33 heavy (non-hydrogen) atoms. The van der Waals surface area contributed by atoms with Gasteiger partial charge >= 0.3 is 5.97 Å². The van der Waals surface area contributed by atoms with Crippen molar-refractivity contribution in [2.75, 3.05) is 18.0 Å². The number of anilines is 1. The van der Waals surface area contributed by atoms with Gasteiger partial charge in [0.15, 0.2) is 5.82 Å². The van der Waals surface area contributed by atoms with Crippen LogP contribution in [0.4, 0.5) is 23.2 Å². The van der Waals surface area contributed by atoms with Crippen molar-refractivity contribution in [2.45, 2.75) is 19.4 Å². The van der Waals surface area contributed by atoms with Crippen LogP contribution < -0.4 is 16.1 Å². The summed E-state index contributed by atoms with van der Waals surface area (Å²) >= 11 is 0. The number of carboxylic acid groups (broad SMARTS) is 1. The van der Waals surface area contributed by atoms with E-state index in [0.29, 0.717) is 25.6 Å². The van der Waals surface area contributed by atoms with Crippen LogP contribution >= 0.6 is 0 Å². The number of fused-ring (bicyclic) bond motifs is 2. The number of aromatic carboxylic acids is 1. The minimum atomic E-state index is -1.65. The van der Waals surface area contributed by atoms with Crippen molar-refractivity contribution in [2.24, 2.45) is 17.1 Å². The minimum absolute atomic E-state index is 0.0399. The molecule has 2 aliphatic rings. The molecule has 1 aliphatic carbocycles. The van der Waals surface area contributed by atoms with Crippen molar-refractivity contribution in [1.29, 1.82) is 0 Å². The van der Waals surface area contributed by atoms with E-state index in [2.05, 4.69) is 0 Å². The molecule has 3 aromatic rings. The lowest BCUT2D eigenvalue weighted by atomic mass is 9.60. The summed E-state index contributed by atoms with van der Waals surface area (Å²) < 4.78 is 60.0. The first kappa shape index (κ1) is 21.4. The molecular formula is C23H19F4N3O3. The highest BCUT2D eigenvalue weighted by Gasteiger charge is 2.55. The molecule has 0 unspecified atom stereocenters. The lowest BCUT2D eigenvalue weighted by Gasteiger charge is -2.46. The molecule has 2 fully saturated rings. The Hall–Kier alpha value is -3.40. The number of nitrogens with zero attached hydrogens (tertiary/aromatic N) is 2. The Morgan fingerprint density at radius 2 is 1.91 bits per heavy atom. The zero-order valence-corrected chi connectivity index (χ0v) is 17.4. The highest BCUT2D eigenvalue weighted by molar-refractivity contribution is 5.94. The van der Waals surface area contributed by atoms with Gasteiger partial charge < -0.3 is 20.3 Å². The van der Waals surface area contributed by atoms with E-state index in [1.165, 1.54) is 4.90 Å². The molecule has 1 saturated heterocycles. The number of carboxylic acids is 1. The van der Waals surface area contributed by atoms with Gasteiger partial charge in [-0.25, -0.2) is 22.4 Å². The lowest BCUT2D eigenvalue weighted by Crippen LogP contribution is -2.53. The molecule has 0 bridgehead atoms. The third-order valence-electron chi connectivity index (χ3n) is 6.96.